The highest BCUT2D eigenvalue weighted by Crippen LogP contribution is 2.41. The molecule has 0 heterocycles. The Hall–Kier alpha value is -1.84. The standard InChI is InChI=1S/C24H26F4/c1-2-14-3-5-15(6-4-14)16-7-8-17-10-20(21(25)11-18(17)9-16)19-12-22(26)24(28)23(27)13-19/h10-16H,2-9H2,1H3. The van der Waals surface area contributed by atoms with E-state index in [9.17, 15) is 17.6 Å². The number of fused-ring (bicyclic) bond motifs is 1. The fourth-order valence-corrected chi connectivity index (χ4v) is 5.21. The highest BCUT2D eigenvalue weighted by molar-refractivity contribution is 5.66. The van der Waals surface area contributed by atoms with Crippen LogP contribution in [0.25, 0.3) is 11.1 Å². The molecule has 0 aliphatic heterocycles. The second-order valence-electron chi connectivity index (χ2n) is 8.55. The van der Waals surface area contributed by atoms with E-state index in [-0.39, 0.29) is 11.1 Å². The Kier molecular flexibility index (Phi) is 5.48. The first-order chi connectivity index (χ1) is 13.5. The lowest BCUT2D eigenvalue weighted by Gasteiger charge is -2.36. The van der Waals surface area contributed by atoms with Crippen LogP contribution in [-0.4, -0.2) is 0 Å². The van der Waals surface area contributed by atoms with Crippen LogP contribution in [-0.2, 0) is 12.8 Å². The zero-order chi connectivity index (χ0) is 19.8. The van der Waals surface area contributed by atoms with Gasteiger partial charge in [-0.1, -0.05) is 26.2 Å². The van der Waals surface area contributed by atoms with Gasteiger partial charge in [0.25, 0.3) is 0 Å². The molecule has 0 N–H and O–H groups in total. The molecule has 2 aromatic rings. The van der Waals surface area contributed by atoms with Crippen LogP contribution in [0.4, 0.5) is 17.6 Å². The molecule has 150 valence electrons. The van der Waals surface area contributed by atoms with Crippen LogP contribution < -0.4 is 0 Å². The van der Waals surface area contributed by atoms with E-state index in [1.807, 2.05) is 0 Å². The Morgan fingerprint density at radius 3 is 2.07 bits per heavy atom. The molecule has 0 aromatic heterocycles. The lowest BCUT2D eigenvalue weighted by atomic mass is 9.69. The Bertz CT molecular complexity index is 842. The summed E-state index contributed by atoms with van der Waals surface area (Å²) in [5.41, 5.74) is 2.23. The molecule has 2 aliphatic rings. The molecule has 1 saturated carbocycles. The largest absolute Gasteiger partial charge is 0.206 e. The number of hydrogen-bond donors (Lipinski definition) is 0. The van der Waals surface area contributed by atoms with Gasteiger partial charge in [-0.05, 0) is 90.8 Å². The van der Waals surface area contributed by atoms with Crippen molar-refractivity contribution in [1.29, 1.82) is 0 Å². The van der Waals surface area contributed by atoms with Crippen molar-refractivity contribution in [2.24, 2.45) is 17.8 Å². The highest BCUT2D eigenvalue weighted by Gasteiger charge is 2.30. The van der Waals surface area contributed by atoms with Crippen LogP contribution in [0.2, 0.25) is 0 Å². The topological polar surface area (TPSA) is 0 Å². The summed E-state index contributed by atoms with van der Waals surface area (Å²) in [7, 11) is 0. The average molecular weight is 390 g/mol. The molecule has 0 amide bonds. The summed E-state index contributed by atoms with van der Waals surface area (Å²) >= 11 is 0. The van der Waals surface area contributed by atoms with Gasteiger partial charge in [-0.3, -0.25) is 0 Å². The van der Waals surface area contributed by atoms with Gasteiger partial charge in [0.1, 0.15) is 5.82 Å². The van der Waals surface area contributed by atoms with E-state index in [1.54, 1.807) is 6.07 Å². The monoisotopic (exact) mass is 390 g/mol. The number of aryl methyl sites for hydroxylation is 1. The lowest BCUT2D eigenvalue weighted by molar-refractivity contribution is 0.187. The van der Waals surface area contributed by atoms with Crippen molar-refractivity contribution in [2.75, 3.05) is 0 Å². The summed E-state index contributed by atoms with van der Waals surface area (Å²) in [5, 5.41) is 0. The molecule has 1 atom stereocenters. The van der Waals surface area contributed by atoms with E-state index in [4.69, 9.17) is 0 Å². The van der Waals surface area contributed by atoms with Crippen molar-refractivity contribution in [3.63, 3.8) is 0 Å². The quantitative estimate of drug-likeness (QED) is 0.383. The molecule has 2 aliphatic carbocycles. The van der Waals surface area contributed by atoms with Gasteiger partial charge in [0.15, 0.2) is 17.5 Å². The van der Waals surface area contributed by atoms with E-state index in [0.717, 1.165) is 54.4 Å². The summed E-state index contributed by atoms with van der Waals surface area (Å²) in [6.45, 7) is 2.26. The van der Waals surface area contributed by atoms with Crippen molar-refractivity contribution < 1.29 is 17.6 Å². The molecule has 0 nitrogen and oxygen atoms in total. The number of rotatable bonds is 3. The average Bonchev–Trinajstić information content (AvgIpc) is 2.70. The van der Waals surface area contributed by atoms with Crippen LogP contribution in [0, 0.1) is 41.0 Å². The summed E-state index contributed by atoms with van der Waals surface area (Å²) in [6, 6.07) is 4.94. The SMILES string of the molecule is CCC1CCC(C2CCc3cc(-c4cc(F)c(F)c(F)c4)c(F)cc3C2)CC1. The van der Waals surface area contributed by atoms with Crippen molar-refractivity contribution in [1.82, 2.24) is 0 Å². The maximum Gasteiger partial charge on any atom is 0.194 e. The summed E-state index contributed by atoms with van der Waals surface area (Å²) < 4.78 is 55.1. The molecule has 0 saturated heterocycles. The van der Waals surface area contributed by atoms with E-state index in [0.29, 0.717) is 5.92 Å². The van der Waals surface area contributed by atoms with E-state index >= 15 is 0 Å². The maximum atomic E-state index is 14.8. The molecule has 28 heavy (non-hydrogen) atoms. The number of hydrogen-bond acceptors (Lipinski definition) is 0. The van der Waals surface area contributed by atoms with Crippen LogP contribution in [0.5, 0.6) is 0 Å². The predicted octanol–water partition coefficient (Wildman–Crippen LogP) is 7.23. The molecule has 4 heteroatoms. The fourth-order valence-electron chi connectivity index (χ4n) is 5.21. The minimum absolute atomic E-state index is 0.0386. The van der Waals surface area contributed by atoms with Gasteiger partial charge in [0, 0.05) is 5.56 Å². The lowest BCUT2D eigenvalue weighted by Crippen LogP contribution is -2.26. The number of halogens is 4. The molecular formula is C24H26F4. The minimum atomic E-state index is -1.53. The van der Waals surface area contributed by atoms with Gasteiger partial charge in [0.2, 0.25) is 0 Å². The third kappa shape index (κ3) is 3.70. The first-order valence-corrected chi connectivity index (χ1v) is 10.4. The minimum Gasteiger partial charge on any atom is -0.206 e. The summed E-state index contributed by atoms with van der Waals surface area (Å²) in [4.78, 5) is 0. The Balaban J connectivity index is 1.56. The van der Waals surface area contributed by atoms with E-state index < -0.39 is 23.3 Å². The smallest absolute Gasteiger partial charge is 0.194 e. The normalized spacial score (nSPS) is 24.8. The van der Waals surface area contributed by atoms with Gasteiger partial charge in [-0.15, -0.1) is 0 Å². The van der Waals surface area contributed by atoms with Crippen molar-refractivity contribution >= 4 is 0 Å². The molecule has 0 spiro atoms. The van der Waals surface area contributed by atoms with Gasteiger partial charge in [0.05, 0.1) is 0 Å². The molecule has 1 unspecified atom stereocenters. The van der Waals surface area contributed by atoms with E-state index in [1.165, 1.54) is 38.2 Å². The summed E-state index contributed by atoms with van der Waals surface area (Å²) in [5.74, 6) is -2.44. The Morgan fingerprint density at radius 2 is 1.43 bits per heavy atom. The third-order valence-corrected chi connectivity index (χ3v) is 6.99. The molecule has 1 fully saturated rings. The molecular weight excluding hydrogens is 364 g/mol. The van der Waals surface area contributed by atoms with Crippen molar-refractivity contribution in [2.45, 2.75) is 58.3 Å². The van der Waals surface area contributed by atoms with Gasteiger partial charge in [-0.25, -0.2) is 17.6 Å². The van der Waals surface area contributed by atoms with Crippen LogP contribution in [0.3, 0.4) is 0 Å². The third-order valence-electron chi connectivity index (χ3n) is 6.99. The summed E-state index contributed by atoms with van der Waals surface area (Å²) in [6.07, 6.45) is 9.22. The Morgan fingerprint density at radius 1 is 0.750 bits per heavy atom. The van der Waals surface area contributed by atoms with Crippen LogP contribution in [0.1, 0.15) is 56.6 Å². The molecule has 4 rings (SSSR count). The second kappa shape index (κ2) is 7.88. The maximum absolute atomic E-state index is 14.8. The van der Waals surface area contributed by atoms with Gasteiger partial charge >= 0.3 is 0 Å². The van der Waals surface area contributed by atoms with Gasteiger partial charge < -0.3 is 0 Å². The van der Waals surface area contributed by atoms with Crippen LogP contribution in [0.15, 0.2) is 24.3 Å². The van der Waals surface area contributed by atoms with Crippen LogP contribution >= 0.6 is 0 Å². The molecule has 0 bridgehead atoms. The zero-order valence-corrected chi connectivity index (χ0v) is 16.2. The molecule has 0 radical (unpaired) electrons. The van der Waals surface area contributed by atoms with Crippen molar-refractivity contribution in [3.05, 3.63) is 58.7 Å². The molecule has 2 aromatic carbocycles. The first kappa shape index (κ1) is 19.5. The Labute approximate surface area is 164 Å². The first-order valence-electron chi connectivity index (χ1n) is 10.4. The predicted molar refractivity (Wildman–Crippen MR) is 103 cm³/mol. The second-order valence-corrected chi connectivity index (χ2v) is 8.55. The van der Waals surface area contributed by atoms with Gasteiger partial charge in [-0.2, -0.15) is 0 Å². The zero-order valence-electron chi connectivity index (χ0n) is 16.2. The number of benzene rings is 2. The highest BCUT2D eigenvalue weighted by atomic mass is 19.2. The van der Waals surface area contributed by atoms with E-state index in [2.05, 4.69) is 6.92 Å². The van der Waals surface area contributed by atoms with Crippen molar-refractivity contribution in [3.8, 4) is 11.1 Å². The fraction of sp³-hybridized carbons (Fsp3) is 0.500.